The van der Waals surface area contributed by atoms with Crippen molar-refractivity contribution in [3.8, 4) is 6.07 Å². The fraction of sp³-hybridized carbons (Fsp3) is 0.529. The van der Waals surface area contributed by atoms with Crippen molar-refractivity contribution in [2.75, 3.05) is 25.0 Å². The molecule has 1 aliphatic rings. The minimum absolute atomic E-state index is 0.161. The zero-order valence-electron chi connectivity index (χ0n) is 14.5. The molecule has 1 amide bonds. The van der Waals surface area contributed by atoms with E-state index < -0.39 is 0 Å². The molecule has 0 aromatic carbocycles. The number of aromatic nitrogens is 3. The van der Waals surface area contributed by atoms with E-state index in [1.807, 2.05) is 11.6 Å². The van der Waals surface area contributed by atoms with E-state index in [1.54, 1.807) is 13.3 Å². The fourth-order valence-electron chi connectivity index (χ4n) is 3.25. The number of rotatable bonds is 5. The Balaban J connectivity index is 1.56. The van der Waals surface area contributed by atoms with E-state index in [-0.39, 0.29) is 18.3 Å². The van der Waals surface area contributed by atoms with Gasteiger partial charge in [-0.3, -0.25) is 19.7 Å². The molecule has 132 valence electrons. The van der Waals surface area contributed by atoms with Crippen LogP contribution in [0, 0.1) is 31.1 Å². The number of amides is 1. The van der Waals surface area contributed by atoms with Gasteiger partial charge in [0.1, 0.15) is 30.0 Å². The number of carbonyl (C=O) groups is 1. The summed E-state index contributed by atoms with van der Waals surface area (Å²) in [7, 11) is 0. The normalized spacial score (nSPS) is 18.0. The van der Waals surface area contributed by atoms with Gasteiger partial charge in [-0.2, -0.15) is 10.4 Å². The summed E-state index contributed by atoms with van der Waals surface area (Å²) in [5.74, 6) is 1.19. The smallest absolute Gasteiger partial charge is 0.240 e. The number of carbonyl (C=O) groups excluding carboxylic acids is 1. The lowest BCUT2D eigenvalue weighted by molar-refractivity contribution is -0.117. The highest BCUT2D eigenvalue weighted by molar-refractivity contribution is 5.92. The zero-order chi connectivity index (χ0) is 17.8. The van der Waals surface area contributed by atoms with E-state index in [0.717, 1.165) is 38.0 Å². The lowest BCUT2D eigenvalue weighted by Gasteiger charge is -2.31. The van der Waals surface area contributed by atoms with Gasteiger partial charge in [-0.15, -0.1) is 0 Å². The van der Waals surface area contributed by atoms with Gasteiger partial charge in [0.25, 0.3) is 0 Å². The maximum atomic E-state index is 12.3. The first-order valence-corrected chi connectivity index (χ1v) is 8.41. The molecule has 1 saturated heterocycles. The molecule has 3 rings (SSSR count). The zero-order valence-corrected chi connectivity index (χ0v) is 14.5. The van der Waals surface area contributed by atoms with E-state index >= 15 is 0 Å². The Hall–Kier alpha value is -2.66. The average molecular weight is 342 g/mol. The highest BCUT2D eigenvalue weighted by atomic mass is 16.4. The van der Waals surface area contributed by atoms with Gasteiger partial charge < -0.3 is 4.42 Å². The lowest BCUT2D eigenvalue weighted by Crippen LogP contribution is -2.41. The molecular formula is C17H22N6O2. The molecular weight excluding hydrogens is 320 g/mol. The Morgan fingerprint density at radius 3 is 3.08 bits per heavy atom. The minimum atomic E-state index is -0.161. The van der Waals surface area contributed by atoms with Gasteiger partial charge in [0, 0.05) is 18.7 Å². The fourth-order valence-corrected chi connectivity index (χ4v) is 3.25. The van der Waals surface area contributed by atoms with Crippen LogP contribution in [0.25, 0.3) is 0 Å². The van der Waals surface area contributed by atoms with Gasteiger partial charge in [-0.05, 0) is 39.2 Å². The molecule has 2 aromatic heterocycles. The number of furan rings is 1. The Labute approximate surface area is 146 Å². The van der Waals surface area contributed by atoms with Crippen LogP contribution in [0.3, 0.4) is 0 Å². The average Bonchev–Trinajstić information content (AvgIpc) is 3.16. The first-order valence-electron chi connectivity index (χ1n) is 8.41. The number of hydrogen-bond acceptors (Lipinski definition) is 6. The van der Waals surface area contributed by atoms with E-state index in [1.165, 1.54) is 6.33 Å². The van der Waals surface area contributed by atoms with Gasteiger partial charge >= 0.3 is 0 Å². The third-order valence-corrected chi connectivity index (χ3v) is 4.63. The lowest BCUT2D eigenvalue weighted by atomic mass is 9.98. The molecule has 1 aliphatic heterocycles. The van der Waals surface area contributed by atoms with Crippen molar-refractivity contribution in [3.63, 3.8) is 0 Å². The first-order chi connectivity index (χ1) is 12.1. The van der Waals surface area contributed by atoms with Crippen molar-refractivity contribution in [2.45, 2.75) is 33.2 Å². The van der Waals surface area contributed by atoms with Crippen LogP contribution < -0.4 is 5.32 Å². The van der Waals surface area contributed by atoms with Crippen molar-refractivity contribution in [3.05, 3.63) is 29.5 Å². The Morgan fingerprint density at radius 2 is 2.36 bits per heavy atom. The second-order valence-corrected chi connectivity index (χ2v) is 6.51. The van der Waals surface area contributed by atoms with Crippen LogP contribution in [0.2, 0.25) is 0 Å². The first kappa shape index (κ1) is 17.2. The molecule has 1 atom stereocenters. The van der Waals surface area contributed by atoms with E-state index in [2.05, 4.69) is 26.4 Å². The van der Waals surface area contributed by atoms with Crippen molar-refractivity contribution < 1.29 is 9.21 Å². The second-order valence-electron chi connectivity index (χ2n) is 6.51. The summed E-state index contributed by atoms with van der Waals surface area (Å²) >= 11 is 0. The number of piperidine rings is 1. The van der Waals surface area contributed by atoms with Crippen LogP contribution >= 0.6 is 0 Å². The maximum absolute atomic E-state index is 12.3. The number of nitrogens with zero attached hydrogens (tertiary/aromatic N) is 5. The Kier molecular flexibility index (Phi) is 5.14. The SMILES string of the molecule is Cc1oc(NC(=O)CN2CCC[C@H](Cn3cncn3)C2)c(C#N)c1C. The van der Waals surface area contributed by atoms with Gasteiger partial charge in [-0.1, -0.05) is 0 Å². The molecule has 0 saturated carbocycles. The summed E-state index contributed by atoms with van der Waals surface area (Å²) in [6, 6.07) is 2.09. The monoisotopic (exact) mass is 342 g/mol. The number of nitriles is 1. The van der Waals surface area contributed by atoms with E-state index in [0.29, 0.717) is 17.2 Å². The topological polar surface area (TPSA) is 100.0 Å². The van der Waals surface area contributed by atoms with Gasteiger partial charge in [0.2, 0.25) is 11.8 Å². The summed E-state index contributed by atoms with van der Waals surface area (Å²) in [6.45, 7) is 6.43. The number of nitrogens with one attached hydrogen (secondary N) is 1. The quantitative estimate of drug-likeness (QED) is 0.888. The molecule has 0 radical (unpaired) electrons. The number of aryl methyl sites for hydroxylation is 1. The van der Waals surface area contributed by atoms with Crippen LogP contribution in [-0.4, -0.2) is 45.2 Å². The van der Waals surface area contributed by atoms with Crippen LogP contribution in [0.15, 0.2) is 17.1 Å². The summed E-state index contributed by atoms with van der Waals surface area (Å²) in [6.07, 6.45) is 5.42. The van der Waals surface area contributed by atoms with Gasteiger partial charge in [0.05, 0.1) is 6.54 Å². The molecule has 1 N–H and O–H groups in total. The number of hydrogen-bond donors (Lipinski definition) is 1. The maximum Gasteiger partial charge on any atom is 0.240 e. The summed E-state index contributed by atoms with van der Waals surface area (Å²) in [5, 5.41) is 16.1. The number of likely N-dealkylation sites (tertiary alicyclic amines) is 1. The van der Waals surface area contributed by atoms with Crippen LogP contribution in [0.4, 0.5) is 5.88 Å². The molecule has 2 aromatic rings. The Bertz CT molecular complexity index is 774. The highest BCUT2D eigenvalue weighted by Crippen LogP contribution is 2.25. The molecule has 25 heavy (non-hydrogen) atoms. The second kappa shape index (κ2) is 7.49. The molecule has 8 heteroatoms. The molecule has 0 bridgehead atoms. The molecule has 1 fully saturated rings. The summed E-state index contributed by atoms with van der Waals surface area (Å²) in [4.78, 5) is 18.4. The molecule has 0 unspecified atom stereocenters. The van der Waals surface area contributed by atoms with Gasteiger partial charge in [0.15, 0.2) is 0 Å². The molecule has 8 nitrogen and oxygen atoms in total. The van der Waals surface area contributed by atoms with Crippen molar-refractivity contribution in [1.29, 1.82) is 5.26 Å². The summed E-state index contributed by atoms with van der Waals surface area (Å²) < 4.78 is 7.33. The van der Waals surface area contributed by atoms with Crippen molar-refractivity contribution >= 4 is 11.8 Å². The third-order valence-electron chi connectivity index (χ3n) is 4.63. The predicted molar refractivity (Wildman–Crippen MR) is 90.7 cm³/mol. The third kappa shape index (κ3) is 4.06. The standard InChI is InChI=1S/C17H22N6O2/c1-12-13(2)25-17(15(12)6-18)21-16(24)9-22-5-3-4-14(7-22)8-23-11-19-10-20-23/h10-11,14H,3-5,7-9H2,1-2H3,(H,21,24)/t14-/m0/s1. The van der Waals surface area contributed by atoms with E-state index in [4.69, 9.17) is 4.42 Å². The van der Waals surface area contributed by atoms with Crippen molar-refractivity contribution in [1.82, 2.24) is 19.7 Å². The van der Waals surface area contributed by atoms with Crippen LogP contribution in [-0.2, 0) is 11.3 Å². The van der Waals surface area contributed by atoms with Gasteiger partial charge in [-0.25, -0.2) is 4.98 Å². The largest absolute Gasteiger partial charge is 0.444 e. The Morgan fingerprint density at radius 1 is 1.52 bits per heavy atom. The van der Waals surface area contributed by atoms with Crippen LogP contribution in [0.5, 0.6) is 0 Å². The minimum Gasteiger partial charge on any atom is -0.444 e. The van der Waals surface area contributed by atoms with Crippen LogP contribution in [0.1, 0.15) is 29.7 Å². The van der Waals surface area contributed by atoms with E-state index in [9.17, 15) is 10.1 Å². The number of anilines is 1. The molecule has 0 spiro atoms. The highest BCUT2D eigenvalue weighted by Gasteiger charge is 2.23. The molecule has 3 heterocycles. The summed E-state index contributed by atoms with van der Waals surface area (Å²) in [5.41, 5.74) is 1.16. The van der Waals surface area contributed by atoms with Crippen molar-refractivity contribution in [2.24, 2.45) is 5.92 Å². The predicted octanol–water partition coefficient (Wildman–Crippen LogP) is 1.71. The molecule has 0 aliphatic carbocycles.